The molecule has 0 aliphatic carbocycles. The number of nitrogens with one attached hydrogen (secondary N) is 1. The Hall–Kier alpha value is -2.94. The third-order valence-corrected chi connectivity index (χ3v) is 7.20. The Morgan fingerprint density at radius 1 is 1.16 bits per heavy atom. The summed E-state index contributed by atoms with van der Waals surface area (Å²) in [5.41, 5.74) is 2.88. The molecule has 1 spiro atoms. The number of anilines is 1. The van der Waals surface area contributed by atoms with Gasteiger partial charge in [0.1, 0.15) is 6.04 Å². The monoisotopic (exact) mass is 426 g/mol. The number of hydrogen-bond acceptors (Lipinski definition) is 6. The van der Waals surface area contributed by atoms with Gasteiger partial charge >= 0.3 is 5.97 Å². The molecular formula is C22H26N4O5. The van der Waals surface area contributed by atoms with Crippen LogP contribution < -0.4 is 10.2 Å². The minimum atomic E-state index is -0.773. The molecule has 2 N–H and O–H groups in total. The fraction of sp³-hybridized carbons (Fsp3) is 0.545. The van der Waals surface area contributed by atoms with E-state index in [4.69, 9.17) is 5.11 Å². The van der Waals surface area contributed by atoms with Gasteiger partial charge in [0.2, 0.25) is 11.8 Å². The van der Waals surface area contributed by atoms with Gasteiger partial charge in [-0.15, -0.1) is 0 Å². The smallest absolute Gasteiger partial charge is 0.317 e. The highest BCUT2D eigenvalue weighted by atomic mass is 16.4. The lowest BCUT2D eigenvalue weighted by atomic mass is 9.71. The van der Waals surface area contributed by atoms with E-state index in [9.17, 15) is 19.2 Å². The summed E-state index contributed by atoms with van der Waals surface area (Å²) < 4.78 is 0. The van der Waals surface area contributed by atoms with E-state index < -0.39 is 17.9 Å². The maximum absolute atomic E-state index is 12.8. The number of aliphatic carboxylic acids is 1. The summed E-state index contributed by atoms with van der Waals surface area (Å²) in [6.45, 7) is 4.02. The van der Waals surface area contributed by atoms with E-state index in [0.29, 0.717) is 18.5 Å². The van der Waals surface area contributed by atoms with Crippen molar-refractivity contribution >= 4 is 29.4 Å². The minimum Gasteiger partial charge on any atom is -0.480 e. The Labute approximate surface area is 180 Å². The number of amides is 3. The number of nitrogens with zero attached hydrogens (tertiary/aromatic N) is 3. The molecular weight excluding hydrogens is 400 g/mol. The van der Waals surface area contributed by atoms with Gasteiger partial charge in [-0.1, -0.05) is 0 Å². The SMILES string of the molecule is O=C(O)CN1CCC2(CC1)CN(c1ccc3c(c1)CN(C1CCC(=O)NC1=O)C3=O)C2. The van der Waals surface area contributed by atoms with Gasteiger partial charge in [0, 0.05) is 42.7 Å². The van der Waals surface area contributed by atoms with Crippen molar-refractivity contribution in [1.29, 1.82) is 0 Å². The average molecular weight is 426 g/mol. The lowest BCUT2D eigenvalue weighted by molar-refractivity contribution is -0.139. The van der Waals surface area contributed by atoms with Crippen molar-refractivity contribution in [3.05, 3.63) is 29.3 Å². The topological polar surface area (TPSA) is 110 Å². The van der Waals surface area contributed by atoms with Crippen LogP contribution >= 0.6 is 0 Å². The molecule has 0 saturated carbocycles. The van der Waals surface area contributed by atoms with Crippen LogP contribution in [-0.4, -0.2) is 77.4 Å². The van der Waals surface area contributed by atoms with Gasteiger partial charge in [-0.25, -0.2) is 0 Å². The standard InChI is InChI=1S/C22H26N4O5/c27-18-4-3-17(20(30)23-18)26-10-14-9-15(1-2-16(14)21(26)31)25-12-22(13-25)5-7-24(8-6-22)11-19(28)29/h1-2,9,17H,3-8,10-13H2,(H,28,29)(H,23,27,30). The predicted octanol–water partition coefficient (Wildman–Crippen LogP) is 0.434. The predicted molar refractivity (Wildman–Crippen MR) is 110 cm³/mol. The van der Waals surface area contributed by atoms with Crippen LogP contribution in [0.5, 0.6) is 0 Å². The first-order valence-electron chi connectivity index (χ1n) is 10.8. The number of fused-ring (bicyclic) bond motifs is 1. The Morgan fingerprint density at radius 3 is 2.58 bits per heavy atom. The highest BCUT2D eigenvalue weighted by Gasteiger charge is 2.45. The van der Waals surface area contributed by atoms with E-state index in [2.05, 4.69) is 10.2 Å². The van der Waals surface area contributed by atoms with Gasteiger partial charge in [-0.2, -0.15) is 0 Å². The lowest BCUT2D eigenvalue weighted by Crippen LogP contribution is -2.60. The fourth-order valence-electron chi connectivity index (χ4n) is 5.40. The molecule has 0 radical (unpaired) electrons. The van der Waals surface area contributed by atoms with Gasteiger partial charge in [-0.05, 0) is 56.1 Å². The van der Waals surface area contributed by atoms with Crippen LogP contribution in [0, 0.1) is 5.41 Å². The Kier molecular flexibility index (Phi) is 4.73. The lowest BCUT2D eigenvalue weighted by Gasteiger charge is -2.55. The molecule has 1 aromatic carbocycles. The second kappa shape index (κ2) is 7.33. The number of piperidine rings is 2. The van der Waals surface area contributed by atoms with Crippen LogP contribution in [0.15, 0.2) is 18.2 Å². The van der Waals surface area contributed by atoms with Crippen molar-refractivity contribution in [1.82, 2.24) is 15.1 Å². The molecule has 9 nitrogen and oxygen atoms in total. The number of likely N-dealkylation sites (tertiary alicyclic amines) is 1. The van der Waals surface area contributed by atoms with Gasteiger partial charge in [0.05, 0.1) is 6.54 Å². The second-order valence-corrected chi connectivity index (χ2v) is 9.27. The zero-order valence-corrected chi connectivity index (χ0v) is 17.3. The van der Waals surface area contributed by atoms with Crippen molar-refractivity contribution < 1.29 is 24.3 Å². The molecule has 1 atom stereocenters. The summed E-state index contributed by atoms with van der Waals surface area (Å²) in [7, 11) is 0. The molecule has 9 heteroatoms. The first-order chi connectivity index (χ1) is 14.8. The van der Waals surface area contributed by atoms with Crippen LogP contribution in [-0.2, 0) is 20.9 Å². The maximum atomic E-state index is 12.8. The number of carbonyl (C=O) groups is 4. The molecule has 3 amide bonds. The third kappa shape index (κ3) is 3.56. The van der Waals surface area contributed by atoms with Crippen LogP contribution in [0.2, 0.25) is 0 Å². The number of carboxylic acids is 1. The van der Waals surface area contributed by atoms with Crippen LogP contribution in [0.25, 0.3) is 0 Å². The second-order valence-electron chi connectivity index (χ2n) is 9.27. The van der Waals surface area contributed by atoms with Gasteiger partial charge in [0.25, 0.3) is 5.91 Å². The van der Waals surface area contributed by atoms with Crippen molar-refractivity contribution in [3.8, 4) is 0 Å². The molecule has 164 valence electrons. The van der Waals surface area contributed by atoms with Crippen molar-refractivity contribution in [2.75, 3.05) is 37.6 Å². The maximum Gasteiger partial charge on any atom is 0.317 e. The highest BCUT2D eigenvalue weighted by molar-refractivity contribution is 6.05. The average Bonchev–Trinajstić information content (AvgIpc) is 3.02. The summed E-state index contributed by atoms with van der Waals surface area (Å²) in [5.74, 6) is -1.60. The highest BCUT2D eigenvalue weighted by Crippen LogP contribution is 2.43. The van der Waals surface area contributed by atoms with Crippen LogP contribution in [0.1, 0.15) is 41.6 Å². The minimum absolute atomic E-state index is 0.113. The molecule has 4 aliphatic heterocycles. The number of benzene rings is 1. The number of carbonyl (C=O) groups excluding carboxylic acids is 3. The molecule has 1 aromatic rings. The normalized spacial score (nSPS) is 25.4. The summed E-state index contributed by atoms with van der Waals surface area (Å²) in [4.78, 5) is 53.3. The van der Waals surface area contributed by atoms with Crippen LogP contribution in [0.4, 0.5) is 5.69 Å². The summed E-state index contributed by atoms with van der Waals surface area (Å²) in [6.07, 6.45) is 2.62. The molecule has 5 rings (SSSR count). The number of imide groups is 1. The van der Waals surface area contributed by atoms with Crippen molar-refractivity contribution in [2.45, 2.75) is 38.3 Å². The van der Waals surface area contributed by atoms with E-state index in [1.165, 1.54) is 0 Å². The Morgan fingerprint density at radius 2 is 1.90 bits per heavy atom. The molecule has 3 fully saturated rings. The van der Waals surface area contributed by atoms with E-state index in [1.807, 2.05) is 23.1 Å². The van der Waals surface area contributed by atoms with Crippen LogP contribution in [0.3, 0.4) is 0 Å². The number of rotatable bonds is 4. The van der Waals surface area contributed by atoms with Gasteiger partial charge in [-0.3, -0.25) is 29.4 Å². The van der Waals surface area contributed by atoms with Gasteiger partial charge in [0.15, 0.2) is 0 Å². The number of carboxylic acid groups (broad SMARTS) is 1. The molecule has 4 heterocycles. The van der Waals surface area contributed by atoms with Gasteiger partial charge < -0.3 is 14.9 Å². The number of hydrogen-bond donors (Lipinski definition) is 2. The molecule has 31 heavy (non-hydrogen) atoms. The zero-order valence-electron chi connectivity index (χ0n) is 17.3. The third-order valence-electron chi connectivity index (χ3n) is 7.20. The summed E-state index contributed by atoms with van der Waals surface area (Å²) in [5, 5.41) is 11.3. The van der Waals surface area contributed by atoms with E-state index >= 15 is 0 Å². The Balaban J connectivity index is 1.22. The van der Waals surface area contributed by atoms with Crippen molar-refractivity contribution in [3.63, 3.8) is 0 Å². The van der Waals surface area contributed by atoms with Crippen molar-refractivity contribution in [2.24, 2.45) is 5.41 Å². The Bertz CT molecular complexity index is 961. The summed E-state index contributed by atoms with van der Waals surface area (Å²) >= 11 is 0. The zero-order chi connectivity index (χ0) is 21.8. The molecule has 0 aromatic heterocycles. The first-order valence-corrected chi connectivity index (χ1v) is 10.8. The summed E-state index contributed by atoms with van der Waals surface area (Å²) in [6, 6.07) is 5.27. The first kappa shape index (κ1) is 20.0. The quantitative estimate of drug-likeness (QED) is 0.672. The molecule has 1 unspecified atom stereocenters. The molecule has 0 bridgehead atoms. The molecule has 3 saturated heterocycles. The fourth-order valence-corrected chi connectivity index (χ4v) is 5.40. The molecule has 4 aliphatic rings. The van der Waals surface area contributed by atoms with E-state index in [-0.39, 0.29) is 30.2 Å². The largest absolute Gasteiger partial charge is 0.480 e. The van der Waals surface area contributed by atoms with E-state index in [0.717, 1.165) is 50.3 Å². The van der Waals surface area contributed by atoms with E-state index in [1.54, 1.807) is 4.90 Å².